The van der Waals surface area contributed by atoms with Crippen molar-refractivity contribution in [3.8, 4) is 0 Å². The molecule has 1 rings (SSSR count). The Kier molecular flexibility index (Phi) is 3.52. The van der Waals surface area contributed by atoms with Crippen molar-refractivity contribution >= 4 is 37.6 Å². The maximum atomic E-state index is 11.5. The molecule has 72 valence electrons. The minimum absolute atomic E-state index is 0.00255. The van der Waals surface area contributed by atoms with Crippen molar-refractivity contribution in [3.05, 3.63) is 23.8 Å². The maximum Gasteiger partial charge on any atom is 0.182 e. The van der Waals surface area contributed by atoms with Crippen molar-refractivity contribution in [3.63, 3.8) is 0 Å². The fraction of sp³-hybridized carbons (Fsp3) is 0.500. The monoisotopic (exact) mass is 306 g/mol. The van der Waals surface area contributed by atoms with Crippen molar-refractivity contribution in [2.75, 3.05) is 5.33 Å². The first-order valence-corrected chi connectivity index (χ1v) is 6.16. The molecule has 0 saturated heterocycles. The zero-order valence-corrected chi connectivity index (χ0v) is 10.9. The van der Waals surface area contributed by atoms with E-state index in [4.69, 9.17) is 0 Å². The van der Waals surface area contributed by atoms with Crippen LogP contribution < -0.4 is 0 Å². The van der Waals surface area contributed by atoms with Crippen molar-refractivity contribution in [1.82, 2.24) is 0 Å². The highest BCUT2D eigenvalue weighted by atomic mass is 79.9. The van der Waals surface area contributed by atoms with Crippen LogP contribution in [0.2, 0.25) is 0 Å². The van der Waals surface area contributed by atoms with Crippen LogP contribution in [-0.2, 0) is 4.79 Å². The molecule has 1 aliphatic carbocycles. The summed E-state index contributed by atoms with van der Waals surface area (Å²) in [6.07, 6.45) is 5.62. The number of allylic oxidation sites excluding steroid dienone is 4. The zero-order chi connectivity index (χ0) is 10.1. The molecule has 0 amide bonds. The first-order valence-electron chi connectivity index (χ1n) is 4.12. The van der Waals surface area contributed by atoms with Gasteiger partial charge in [0.25, 0.3) is 0 Å². The minimum atomic E-state index is -0.00255. The number of hydrogen-bond acceptors (Lipinski definition) is 1. The third-order valence-corrected chi connectivity index (χ3v) is 4.28. The SMILES string of the molecule is CC1(C)C=CC(=O)C(C(Br)CBr)=C1. The molecular weight excluding hydrogens is 296 g/mol. The molecule has 0 fully saturated rings. The second kappa shape index (κ2) is 4.09. The molecule has 0 bridgehead atoms. The van der Waals surface area contributed by atoms with Crippen molar-refractivity contribution in [2.45, 2.75) is 18.7 Å². The van der Waals surface area contributed by atoms with Crippen LogP contribution in [0.4, 0.5) is 0 Å². The number of carbonyl (C=O) groups is 1. The first kappa shape index (κ1) is 11.2. The highest BCUT2D eigenvalue weighted by molar-refractivity contribution is 9.12. The highest BCUT2D eigenvalue weighted by Gasteiger charge is 2.24. The number of halogens is 2. The van der Waals surface area contributed by atoms with E-state index >= 15 is 0 Å². The summed E-state index contributed by atoms with van der Waals surface area (Å²) in [6, 6.07) is 0. The van der Waals surface area contributed by atoms with E-state index in [0.717, 1.165) is 10.9 Å². The van der Waals surface area contributed by atoms with Crippen LogP contribution in [0.1, 0.15) is 13.8 Å². The summed E-state index contributed by atoms with van der Waals surface area (Å²) >= 11 is 6.81. The van der Waals surface area contributed by atoms with Gasteiger partial charge in [-0.15, -0.1) is 0 Å². The summed E-state index contributed by atoms with van der Waals surface area (Å²) < 4.78 is 0. The van der Waals surface area contributed by atoms with Gasteiger partial charge in [-0.1, -0.05) is 57.9 Å². The molecule has 0 aliphatic heterocycles. The summed E-state index contributed by atoms with van der Waals surface area (Å²) in [7, 11) is 0. The van der Waals surface area contributed by atoms with Gasteiger partial charge in [0, 0.05) is 16.3 Å². The summed E-state index contributed by atoms with van der Waals surface area (Å²) in [5, 5.41) is 0.758. The van der Waals surface area contributed by atoms with E-state index in [-0.39, 0.29) is 16.0 Å². The van der Waals surface area contributed by atoms with E-state index in [1.165, 1.54) is 0 Å². The van der Waals surface area contributed by atoms with Crippen LogP contribution in [0.25, 0.3) is 0 Å². The Balaban J connectivity index is 2.95. The largest absolute Gasteiger partial charge is 0.290 e. The predicted molar refractivity (Wildman–Crippen MR) is 62.5 cm³/mol. The smallest absolute Gasteiger partial charge is 0.182 e. The van der Waals surface area contributed by atoms with Gasteiger partial charge in [0.2, 0.25) is 0 Å². The Hall–Kier alpha value is 0.110. The first-order chi connectivity index (χ1) is 5.96. The van der Waals surface area contributed by atoms with Gasteiger partial charge >= 0.3 is 0 Å². The van der Waals surface area contributed by atoms with Crippen molar-refractivity contribution in [2.24, 2.45) is 5.41 Å². The van der Waals surface area contributed by atoms with Gasteiger partial charge in [0.1, 0.15) is 0 Å². The second-order valence-corrected chi connectivity index (χ2v) is 5.49. The summed E-state index contributed by atoms with van der Waals surface area (Å²) in [5.41, 5.74) is 0.849. The maximum absolute atomic E-state index is 11.5. The Morgan fingerprint density at radius 2 is 2.15 bits per heavy atom. The molecule has 3 heteroatoms. The molecule has 0 N–H and O–H groups in total. The van der Waals surface area contributed by atoms with Crippen LogP contribution in [0.15, 0.2) is 23.8 Å². The van der Waals surface area contributed by atoms with Gasteiger partial charge in [-0.25, -0.2) is 0 Å². The fourth-order valence-corrected chi connectivity index (χ4v) is 1.94. The standard InChI is InChI=1S/C10H12Br2O/c1-10(2)4-3-9(13)7(5-10)8(12)6-11/h3-5,8H,6H2,1-2H3. The molecule has 0 aromatic carbocycles. The molecule has 1 aliphatic rings. The molecule has 0 spiro atoms. The summed E-state index contributed by atoms with van der Waals surface area (Å²) in [4.78, 5) is 11.6. The number of hydrogen-bond donors (Lipinski definition) is 0. The predicted octanol–water partition coefficient (Wildman–Crippen LogP) is 3.24. The molecule has 0 radical (unpaired) electrons. The number of rotatable bonds is 2. The molecule has 0 saturated carbocycles. The Morgan fingerprint density at radius 1 is 1.54 bits per heavy atom. The molecular formula is C10H12Br2O. The average Bonchev–Trinajstić information content (AvgIpc) is 2.08. The average molecular weight is 308 g/mol. The van der Waals surface area contributed by atoms with Gasteiger partial charge in [0.15, 0.2) is 5.78 Å². The van der Waals surface area contributed by atoms with Gasteiger partial charge in [-0.05, 0) is 6.08 Å². The number of carbonyl (C=O) groups excluding carboxylic acids is 1. The Morgan fingerprint density at radius 3 is 2.69 bits per heavy atom. The quantitative estimate of drug-likeness (QED) is 0.716. The second-order valence-electron chi connectivity index (χ2n) is 3.74. The fourth-order valence-electron chi connectivity index (χ4n) is 1.23. The van der Waals surface area contributed by atoms with E-state index in [0.29, 0.717) is 0 Å². The van der Waals surface area contributed by atoms with Crippen molar-refractivity contribution in [1.29, 1.82) is 0 Å². The van der Waals surface area contributed by atoms with Crippen LogP contribution >= 0.6 is 31.9 Å². The van der Waals surface area contributed by atoms with Gasteiger partial charge in [0.05, 0.1) is 4.83 Å². The Labute approximate surface area is 95.5 Å². The van der Waals surface area contributed by atoms with E-state index in [1.807, 2.05) is 12.2 Å². The molecule has 13 heavy (non-hydrogen) atoms. The van der Waals surface area contributed by atoms with E-state index in [9.17, 15) is 4.79 Å². The highest BCUT2D eigenvalue weighted by Crippen LogP contribution is 2.29. The van der Waals surface area contributed by atoms with Crippen LogP contribution in [0.3, 0.4) is 0 Å². The lowest BCUT2D eigenvalue weighted by Crippen LogP contribution is -2.20. The third-order valence-electron chi connectivity index (χ3n) is 1.95. The van der Waals surface area contributed by atoms with E-state index < -0.39 is 0 Å². The normalized spacial score (nSPS) is 22.8. The number of ketones is 1. The lowest BCUT2D eigenvalue weighted by atomic mass is 9.84. The van der Waals surface area contributed by atoms with E-state index in [2.05, 4.69) is 45.7 Å². The summed E-state index contributed by atoms with van der Waals surface area (Å²) in [6.45, 7) is 4.17. The molecule has 1 nitrogen and oxygen atoms in total. The van der Waals surface area contributed by atoms with Gasteiger partial charge in [-0.2, -0.15) is 0 Å². The molecule has 1 unspecified atom stereocenters. The van der Waals surface area contributed by atoms with E-state index in [1.54, 1.807) is 6.08 Å². The lowest BCUT2D eigenvalue weighted by molar-refractivity contribution is -0.111. The van der Waals surface area contributed by atoms with Crippen LogP contribution in [0, 0.1) is 5.41 Å². The van der Waals surface area contributed by atoms with Gasteiger partial charge in [-0.3, -0.25) is 4.79 Å². The lowest BCUT2D eigenvalue weighted by Gasteiger charge is -2.22. The third kappa shape index (κ3) is 2.78. The molecule has 0 heterocycles. The summed E-state index contributed by atoms with van der Waals surface area (Å²) in [5.74, 6) is 0.112. The molecule has 0 aromatic rings. The van der Waals surface area contributed by atoms with Crippen LogP contribution in [0.5, 0.6) is 0 Å². The minimum Gasteiger partial charge on any atom is -0.290 e. The molecule has 1 atom stereocenters. The topological polar surface area (TPSA) is 17.1 Å². The van der Waals surface area contributed by atoms with Gasteiger partial charge < -0.3 is 0 Å². The molecule has 0 aromatic heterocycles. The Bertz CT molecular complexity index is 277. The van der Waals surface area contributed by atoms with Crippen molar-refractivity contribution < 1.29 is 4.79 Å². The van der Waals surface area contributed by atoms with Crippen LogP contribution in [-0.4, -0.2) is 15.9 Å². The zero-order valence-electron chi connectivity index (χ0n) is 7.68. The number of alkyl halides is 2.